The maximum atomic E-state index is 9.03. The molecule has 2 fully saturated rings. The Bertz CT molecular complexity index is 566. The van der Waals surface area contributed by atoms with Gasteiger partial charge in [-0.15, -0.1) is 0 Å². The van der Waals surface area contributed by atoms with Crippen LogP contribution >= 0.6 is 0 Å². The number of aryl methyl sites for hydroxylation is 1. The summed E-state index contributed by atoms with van der Waals surface area (Å²) in [6.07, 6.45) is 4.52. The molecule has 1 aromatic carbocycles. The molecule has 4 nitrogen and oxygen atoms in total. The molecule has 146 valence electrons. The Labute approximate surface area is 159 Å². The second-order valence-electron chi connectivity index (χ2n) is 8.75. The van der Waals surface area contributed by atoms with Gasteiger partial charge in [-0.1, -0.05) is 24.6 Å². The summed E-state index contributed by atoms with van der Waals surface area (Å²) in [5.41, 5.74) is 1.47. The number of aliphatic hydroxyl groups excluding tert-OH is 1. The molecule has 0 atom stereocenters. The topological polar surface area (TPSA) is 47.9 Å². The zero-order chi connectivity index (χ0) is 19.5. The van der Waals surface area contributed by atoms with E-state index in [-0.39, 0.29) is 24.4 Å². The van der Waals surface area contributed by atoms with Crippen LogP contribution in [0.25, 0.3) is 0 Å². The molecule has 0 unspecified atom stereocenters. The van der Waals surface area contributed by atoms with E-state index < -0.39 is 0 Å². The summed E-state index contributed by atoms with van der Waals surface area (Å²) in [5, 5.41) is 9.03. The summed E-state index contributed by atoms with van der Waals surface area (Å²) >= 11 is 0. The third-order valence-corrected chi connectivity index (χ3v) is 5.88. The summed E-state index contributed by atoms with van der Waals surface area (Å²) < 4.78 is 17.5. The van der Waals surface area contributed by atoms with Gasteiger partial charge < -0.3 is 19.2 Å². The van der Waals surface area contributed by atoms with Crippen molar-refractivity contribution in [3.8, 4) is 5.75 Å². The molecule has 1 aliphatic carbocycles. The second kappa shape index (κ2) is 8.32. The van der Waals surface area contributed by atoms with Crippen molar-refractivity contribution in [1.82, 2.24) is 0 Å². The molecule has 1 N–H and O–H groups in total. The Morgan fingerprint density at radius 2 is 1.58 bits per heavy atom. The molecule has 1 heterocycles. The summed E-state index contributed by atoms with van der Waals surface area (Å²) in [4.78, 5) is 0. The molecule has 2 aliphatic rings. The minimum atomic E-state index is -0.371. The third-order valence-electron chi connectivity index (χ3n) is 5.88. The van der Waals surface area contributed by atoms with Gasteiger partial charge in [0.2, 0.25) is 0 Å². The molecule has 1 aromatic rings. The molecular weight excluding hydrogens is 327 g/mol. The minimum absolute atomic E-state index is 0.0196. The molecule has 1 saturated carbocycles. The van der Waals surface area contributed by atoms with Gasteiger partial charge in [-0.3, -0.25) is 0 Å². The largest absolute Gasteiger partial charge is 0.498 e. The van der Waals surface area contributed by atoms with Gasteiger partial charge >= 0.3 is 7.12 Å². The predicted molar refractivity (Wildman–Crippen MR) is 107 cm³/mol. The van der Waals surface area contributed by atoms with Crippen molar-refractivity contribution >= 4 is 12.6 Å². The number of rotatable bonds is 2. The van der Waals surface area contributed by atoms with Crippen LogP contribution in [0.3, 0.4) is 0 Å². The van der Waals surface area contributed by atoms with E-state index in [4.69, 9.17) is 19.2 Å². The summed E-state index contributed by atoms with van der Waals surface area (Å²) in [7, 11) is 1.30. The van der Waals surface area contributed by atoms with Gasteiger partial charge in [0.05, 0.1) is 24.4 Å². The number of ether oxygens (including phenoxy) is 1. The van der Waals surface area contributed by atoms with Crippen LogP contribution in [-0.4, -0.2) is 36.6 Å². The van der Waals surface area contributed by atoms with Gasteiger partial charge in [0.1, 0.15) is 5.75 Å². The lowest BCUT2D eigenvalue weighted by Crippen LogP contribution is -2.41. The lowest BCUT2D eigenvalue weighted by molar-refractivity contribution is 0.00578. The van der Waals surface area contributed by atoms with E-state index in [0.717, 1.165) is 30.0 Å². The van der Waals surface area contributed by atoms with Crippen LogP contribution < -0.4 is 10.2 Å². The average Bonchev–Trinajstić information content (AvgIpc) is 2.79. The quantitative estimate of drug-likeness (QED) is 0.812. The molecule has 3 rings (SSSR count). The normalized spacial score (nSPS) is 26.8. The first-order valence-electron chi connectivity index (χ1n) is 9.74. The van der Waals surface area contributed by atoms with Crippen molar-refractivity contribution in [2.45, 2.75) is 84.5 Å². The molecule has 0 bridgehead atoms. The van der Waals surface area contributed by atoms with Gasteiger partial charge in [-0.05, 0) is 72.3 Å². The first-order chi connectivity index (χ1) is 12.1. The number of methoxy groups -OCH3 is 1. The van der Waals surface area contributed by atoms with E-state index in [1.807, 2.05) is 19.1 Å². The maximum Gasteiger partial charge on any atom is 0.498 e. The monoisotopic (exact) mass is 362 g/mol. The van der Waals surface area contributed by atoms with E-state index in [2.05, 4.69) is 40.7 Å². The van der Waals surface area contributed by atoms with Crippen LogP contribution in [0.5, 0.6) is 5.75 Å². The first-order valence-corrected chi connectivity index (χ1v) is 9.74. The number of hydrogen-bond acceptors (Lipinski definition) is 4. The highest BCUT2D eigenvalue weighted by Gasteiger charge is 2.52. The smallest absolute Gasteiger partial charge is 0.497 e. The lowest BCUT2D eigenvalue weighted by atomic mass is 9.77. The fourth-order valence-electron chi connectivity index (χ4n) is 3.25. The first kappa shape index (κ1) is 21.3. The minimum Gasteiger partial charge on any atom is -0.497 e. The summed E-state index contributed by atoms with van der Waals surface area (Å²) in [6.45, 7) is 12.5. The Kier molecular flexibility index (Phi) is 6.81. The van der Waals surface area contributed by atoms with Crippen molar-refractivity contribution in [1.29, 1.82) is 0 Å². The predicted octanol–water partition coefficient (Wildman–Crippen LogP) is 3.86. The van der Waals surface area contributed by atoms with Crippen LogP contribution in [0.2, 0.25) is 0 Å². The number of aliphatic hydroxyl groups is 1. The molecule has 0 spiro atoms. The Morgan fingerprint density at radius 1 is 1.04 bits per heavy atom. The fourth-order valence-corrected chi connectivity index (χ4v) is 3.25. The molecule has 0 aromatic heterocycles. The van der Waals surface area contributed by atoms with Crippen molar-refractivity contribution in [3.05, 3.63) is 23.8 Å². The molecule has 5 heteroatoms. The van der Waals surface area contributed by atoms with E-state index in [1.54, 1.807) is 7.11 Å². The number of benzene rings is 1. The van der Waals surface area contributed by atoms with Crippen LogP contribution in [0.1, 0.15) is 65.9 Å². The van der Waals surface area contributed by atoms with Gasteiger partial charge in [-0.25, -0.2) is 0 Å². The number of hydrogen-bond donors (Lipinski definition) is 1. The van der Waals surface area contributed by atoms with Crippen LogP contribution in [0.4, 0.5) is 0 Å². The summed E-state index contributed by atoms with van der Waals surface area (Å²) in [6, 6.07) is 6.03. The SMILES string of the molecule is CC1CCC(O)CC1.COc1ccc(C)cc1B1OC(C)(C)C(C)(C)O1. The highest BCUT2D eigenvalue weighted by molar-refractivity contribution is 6.63. The molecule has 26 heavy (non-hydrogen) atoms. The highest BCUT2D eigenvalue weighted by Crippen LogP contribution is 2.37. The van der Waals surface area contributed by atoms with Crippen molar-refractivity contribution < 1.29 is 19.2 Å². The molecule has 1 saturated heterocycles. The van der Waals surface area contributed by atoms with Crippen LogP contribution in [-0.2, 0) is 9.31 Å². The van der Waals surface area contributed by atoms with E-state index >= 15 is 0 Å². The van der Waals surface area contributed by atoms with Gasteiger partial charge in [0, 0.05) is 5.46 Å². The lowest BCUT2D eigenvalue weighted by Gasteiger charge is -2.32. The van der Waals surface area contributed by atoms with Crippen LogP contribution in [0.15, 0.2) is 18.2 Å². The molecule has 1 aliphatic heterocycles. The highest BCUT2D eigenvalue weighted by atomic mass is 16.7. The standard InChI is InChI=1S/C14H21BO3.C7H14O/c1-10-7-8-12(16-6)11(9-10)15-17-13(2,3)14(4,5)18-15;1-6-2-4-7(8)5-3-6/h7-9H,1-6H3;6-8H,2-5H2,1H3. The average molecular weight is 362 g/mol. The van der Waals surface area contributed by atoms with Crippen molar-refractivity contribution in [2.24, 2.45) is 5.92 Å². The third kappa shape index (κ3) is 5.02. The Balaban J connectivity index is 0.000000254. The van der Waals surface area contributed by atoms with Crippen molar-refractivity contribution in [2.75, 3.05) is 7.11 Å². The zero-order valence-electron chi connectivity index (χ0n) is 17.5. The maximum absolute atomic E-state index is 9.03. The molecule has 0 amide bonds. The van der Waals surface area contributed by atoms with Crippen LogP contribution in [0, 0.1) is 12.8 Å². The van der Waals surface area contributed by atoms with Gasteiger partial charge in [0.15, 0.2) is 0 Å². The van der Waals surface area contributed by atoms with Gasteiger partial charge in [0.25, 0.3) is 0 Å². The molecular formula is C21H35BO4. The van der Waals surface area contributed by atoms with E-state index in [1.165, 1.54) is 18.4 Å². The second-order valence-corrected chi connectivity index (χ2v) is 8.75. The Morgan fingerprint density at radius 3 is 2.04 bits per heavy atom. The van der Waals surface area contributed by atoms with E-state index in [9.17, 15) is 0 Å². The summed E-state index contributed by atoms with van der Waals surface area (Å²) in [5.74, 6) is 1.66. The molecule has 0 radical (unpaired) electrons. The van der Waals surface area contributed by atoms with Gasteiger partial charge in [-0.2, -0.15) is 0 Å². The Hall–Kier alpha value is -1.04. The van der Waals surface area contributed by atoms with E-state index in [0.29, 0.717) is 0 Å². The zero-order valence-corrected chi connectivity index (χ0v) is 17.5. The fraction of sp³-hybridized carbons (Fsp3) is 0.714. The van der Waals surface area contributed by atoms with Crippen molar-refractivity contribution in [3.63, 3.8) is 0 Å².